The second kappa shape index (κ2) is 6.27. The minimum Gasteiger partial charge on any atom is -0.508 e. The van der Waals surface area contributed by atoms with Gasteiger partial charge in [-0.2, -0.15) is 0 Å². The molecule has 0 heterocycles. The lowest BCUT2D eigenvalue weighted by molar-refractivity contribution is 0.0956. The lowest BCUT2D eigenvalue weighted by Crippen LogP contribution is -2.27. The fourth-order valence-corrected chi connectivity index (χ4v) is 1.76. The third kappa shape index (κ3) is 4.02. The van der Waals surface area contributed by atoms with Crippen molar-refractivity contribution < 1.29 is 14.1 Å². The predicted molar refractivity (Wildman–Crippen MR) is 64.0 cm³/mol. The van der Waals surface area contributed by atoms with E-state index in [9.17, 15) is 9.00 Å². The lowest BCUT2D eigenvalue weighted by atomic mass is 10.2. The van der Waals surface area contributed by atoms with Crippen molar-refractivity contribution in [3.05, 3.63) is 29.8 Å². The van der Waals surface area contributed by atoms with Crippen molar-refractivity contribution in [3.63, 3.8) is 0 Å². The number of benzene rings is 1. The van der Waals surface area contributed by atoms with Crippen molar-refractivity contribution >= 4 is 16.7 Å². The second-order valence-electron chi connectivity index (χ2n) is 3.24. The molecule has 4 nitrogen and oxygen atoms in total. The fraction of sp³-hybridized carbons (Fsp3) is 0.364. The summed E-state index contributed by atoms with van der Waals surface area (Å²) in [6.45, 7) is 2.25. The highest BCUT2D eigenvalue weighted by Gasteiger charge is 2.04. The zero-order valence-electron chi connectivity index (χ0n) is 9.10. The maximum atomic E-state index is 11.5. The Morgan fingerprint density at radius 3 is 2.56 bits per heavy atom. The van der Waals surface area contributed by atoms with Crippen molar-refractivity contribution in [2.45, 2.75) is 6.92 Å². The minimum absolute atomic E-state index is 0.128. The first-order valence-electron chi connectivity index (χ1n) is 5.05. The summed E-state index contributed by atoms with van der Waals surface area (Å²) in [6.07, 6.45) is 0. The molecule has 1 unspecified atom stereocenters. The Morgan fingerprint density at radius 1 is 1.38 bits per heavy atom. The summed E-state index contributed by atoms with van der Waals surface area (Å²) in [5.74, 6) is 0.992. The maximum absolute atomic E-state index is 11.5. The molecule has 0 aliphatic heterocycles. The van der Waals surface area contributed by atoms with E-state index in [0.717, 1.165) is 0 Å². The Kier molecular flexibility index (Phi) is 4.98. The van der Waals surface area contributed by atoms with Crippen molar-refractivity contribution in [2.24, 2.45) is 0 Å². The van der Waals surface area contributed by atoms with Gasteiger partial charge in [0.15, 0.2) is 0 Å². The molecular weight excluding hydrogens is 226 g/mol. The Morgan fingerprint density at radius 2 is 2.00 bits per heavy atom. The molecule has 1 aromatic carbocycles. The number of amides is 1. The van der Waals surface area contributed by atoms with Gasteiger partial charge >= 0.3 is 0 Å². The number of hydrogen-bond donors (Lipinski definition) is 2. The van der Waals surface area contributed by atoms with Crippen LogP contribution in [0.25, 0.3) is 0 Å². The van der Waals surface area contributed by atoms with Crippen LogP contribution in [0, 0.1) is 0 Å². The second-order valence-corrected chi connectivity index (χ2v) is 5.10. The molecule has 0 radical (unpaired) electrons. The monoisotopic (exact) mass is 241 g/mol. The molecule has 2 N–H and O–H groups in total. The van der Waals surface area contributed by atoms with Gasteiger partial charge in [0.2, 0.25) is 0 Å². The zero-order chi connectivity index (χ0) is 12.0. The molecule has 0 fully saturated rings. The van der Waals surface area contributed by atoms with Gasteiger partial charge in [0.25, 0.3) is 5.91 Å². The summed E-state index contributed by atoms with van der Waals surface area (Å²) in [4.78, 5) is 11.5. The van der Waals surface area contributed by atoms with Crippen molar-refractivity contribution in [1.29, 1.82) is 0 Å². The van der Waals surface area contributed by atoms with Gasteiger partial charge in [-0.1, -0.05) is 6.92 Å². The number of rotatable bonds is 5. The van der Waals surface area contributed by atoms with Crippen LogP contribution in [-0.2, 0) is 10.8 Å². The van der Waals surface area contributed by atoms with Crippen LogP contribution in [0.15, 0.2) is 24.3 Å². The molecule has 5 heteroatoms. The van der Waals surface area contributed by atoms with E-state index in [-0.39, 0.29) is 11.7 Å². The summed E-state index contributed by atoms with van der Waals surface area (Å²) in [6, 6.07) is 6.00. The lowest BCUT2D eigenvalue weighted by Gasteiger charge is -2.04. The van der Waals surface area contributed by atoms with Gasteiger partial charge in [0.05, 0.1) is 0 Å². The van der Waals surface area contributed by atoms with Crippen LogP contribution in [0.3, 0.4) is 0 Å². The van der Waals surface area contributed by atoms with Crippen molar-refractivity contribution in [3.8, 4) is 5.75 Å². The Labute approximate surface area is 97.1 Å². The predicted octanol–water partition coefficient (Wildman–Crippen LogP) is 0.891. The average Bonchev–Trinajstić information content (AvgIpc) is 2.29. The van der Waals surface area contributed by atoms with Gasteiger partial charge in [-0.25, -0.2) is 0 Å². The summed E-state index contributed by atoms with van der Waals surface area (Å²) in [5, 5.41) is 11.7. The molecule has 0 aliphatic carbocycles. The van der Waals surface area contributed by atoms with E-state index in [1.54, 1.807) is 12.1 Å². The largest absolute Gasteiger partial charge is 0.508 e. The highest BCUT2D eigenvalue weighted by atomic mass is 32.2. The number of carbonyl (C=O) groups excluding carboxylic acids is 1. The first-order valence-corrected chi connectivity index (χ1v) is 6.54. The third-order valence-corrected chi connectivity index (χ3v) is 3.37. The minimum atomic E-state index is -0.858. The number of carbonyl (C=O) groups is 1. The van der Waals surface area contributed by atoms with E-state index < -0.39 is 10.8 Å². The molecule has 1 aromatic rings. The Balaban J connectivity index is 2.41. The van der Waals surface area contributed by atoms with Crippen LogP contribution >= 0.6 is 0 Å². The summed E-state index contributed by atoms with van der Waals surface area (Å²) < 4.78 is 11.1. The number of phenolic OH excluding ortho intramolecular Hbond substituents is 1. The number of aromatic hydroxyl groups is 1. The van der Waals surface area contributed by atoms with Crippen LogP contribution in [0.2, 0.25) is 0 Å². The molecule has 1 rings (SSSR count). The van der Waals surface area contributed by atoms with E-state index in [1.807, 2.05) is 6.92 Å². The first kappa shape index (κ1) is 12.7. The van der Waals surface area contributed by atoms with Gasteiger partial charge in [-0.15, -0.1) is 0 Å². The van der Waals surface area contributed by atoms with Gasteiger partial charge in [-0.3, -0.25) is 9.00 Å². The van der Waals surface area contributed by atoms with Gasteiger partial charge < -0.3 is 10.4 Å². The van der Waals surface area contributed by atoms with Crippen LogP contribution in [-0.4, -0.2) is 33.3 Å². The van der Waals surface area contributed by atoms with E-state index in [0.29, 0.717) is 23.6 Å². The van der Waals surface area contributed by atoms with E-state index in [2.05, 4.69) is 5.32 Å². The molecular formula is C11H15NO3S. The van der Waals surface area contributed by atoms with Crippen molar-refractivity contribution in [2.75, 3.05) is 18.1 Å². The Bertz CT molecular complexity index is 375. The van der Waals surface area contributed by atoms with E-state index in [1.165, 1.54) is 12.1 Å². The molecule has 1 amide bonds. The number of phenols is 1. The summed E-state index contributed by atoms with van der Waals surface area (Å²) >= 11 is 0. The van der Waals surface area contributed by atoms with E-state index >= 15 is 0 Å². The third-order valence-electron chi connectivity index (χ3n) is 2.07. The molecule has 16 heavy (non-hydrogen) atoms. The van der Waals surface area contributed by atoms with Gasteiger partial charge in [-0.05, 0) is 24.3 Å². The average molecular weight is 241 g/mol. The molecule has 0 saturated heterocycles. The van der Waals surface area contributed by atoms with Crippen LogP contribution in [0.1, 0.15) is 17.3 Å². The maximum Gasteiger partial charge on any atom is 0.251 e. The first-order chi connectivity index (χ1) is 7.63. The number of nitrogens with one attached hydrogen (secondary N) is 1. The highest BCUT2D eigenvalue weighted by Crippen LogP contribution is 2.09. The van der Waals surface area contributed by atoms with Gasteiger partial charge in [0, 0.05) is 34.4 Å². The quantitative estimate of drug-likeness (QED) is 0.804. The Hall–Kier alpha value is -1.36. The smallest absolute Gasteiger partial charge is 0.251 e. The molecule has 0 saturated carbocycles. The number of hydrogen-bond acceptors (Lipinski definition) is 3. The zero-order valence-corrected chi connectivity index (χ0v) is 9.92. The molecule has 1 atom stereocenters. The topological polar surface area (TPSA) is 66.4 Å². The van der Waals surface area contributed by atoms with Crippen LogP contribution in [0.4, 0.5) is 0 Å². The van der Waals surface area contributed by atoms with E-state index in [4.69, 9.17) is 5.11 Å². The highest BCUT2D eigenvalue weighted by molar-refractivity contribution is 7.84. The summed E-state index contributed by atoms with van der Waals surface area (Å²) in [5.41, 5.74) is 0.486. The molecule has 0 spiro atoms. The summed E-state index contributed by atoms with van der Waals surface area (Å²) in [7, 11) is -0.858. The molecule has 0 aromatic heterocycles. The SMILES string of the molecule is CCS(=O)CCNC(=O)c1ccc(O)cc1. The molecule has 88 valence electrons. The molecule has 0 bridgehead atoms. The van der Waals surface area contributed by atoms with Crippen molar-refractivity contribution in [1.82, 2.24) is 5.32 Å². The van der Waals surface area contributed by atoms with Crippen LogP contribution in [0.5, 0.6) is 5.75 Å². The standard InChI is InChI=1S/C11H15NO3S/c1-2-16(15)8-7-12-11(14)9-3-5-10(13)6-4-9/h3-6,13H,2,7-8H2,1H3,(H,12,14). The fourth-order valence-electron chi connectivity index (χ4n) is 1.14. The molecule has 0 aliphatic rings. The van der Waals surface area contributed by atoms with Crippen LogP contribution < -0.4 is 5.32 Å². The van der Waals surface area contributed by atoms with Gasteiger partial charge in [0.1, 0.15) is 5.75 Å². The normalized spacial score (nSPS) is 12.1.